The van der Waals surface area contributed by atoms with Gasteiger partial charge >= 0.3 is 0 Å². The number of benzene rings is 2. The van der Waals surface area contributed by atoms with Gasteiger partial charge in [0.05, 0.1) is 22.8 Å². The number of carbonyl (C=O) groups excluding carboxylic acids is 2. The number of aryl methyl sites for hydroxylation is 2. The van der Waals surface area contributed by atoms with Crippen LogP contribution in [-0.4, -0.2) is 71.4 Å². The van der Waals surface area contributed by atoms with Crippen molar-refractivity contribution < 1.29 is 18.0 Å². The third kappa shape index (κ3) is 6.73. The molecule has 0 aliphatic carbocycles. The van der Waals surface area contributed by atoms with Crippen LogP contribution in [0.4, 0.5) is 11.4 Å². The second kappa shape index (κ2) is 11.5. The lowest BCUT2D eigenvalue weighted by molar-refractivity contribution is -0.121. The fourth-order valence-electron chi connectivity index (χ4n) is 3.84. The van der Waals surface area contributed by atoms with Gasteiger partial charge in [-0.3, -0.25) is 14.3 Å². The fraction of sp³-hybridized carbons (Fsp3) is 0.440. The summed E-state index contributed by atoms with van der Waals surface area (Å²) >= 11 is 0. The van der Waals surface area contributed by atoms with Crippen LogP contribution in [0.25, 0.3) is 0 Å². The summed E-state index contributed by atoms with van der Waals surface area (Å²) in [6.45, 7) is 9.19. The van der Waals surface area contributed by atoms with Crippen LogP contribution in [0.3, 0.4) is 0 Å². The topological polar surface area (TPSA) is 111 Å². The van der Waals surface area contributed by atoms with Crippen LogP contribution >= 0.6 is 0 Å². The van der Waals surface area contributed by atoms with E-state index in [1.165, 1.54) is 4.90 Å². The highest BCUT2D eigenvalue weighted by Crippen LogP contribution is 2.30. The zero-order valence-corrected chi connectivity index (χ0v) is 21.7. The number of hydrogen-bond acceptors (Lipinski definition) is 6. The Morgan fingerprint density at radius 3 is 2.43 bits per heavy atom. The summed E-state index contributed by atoms with van der Waals surface area (Å²) in [6.07, 6.45) is 0.806. The van der Waals surface area contributed by atoms with E-state index < -0.39 is 10.0 Å². The number of piperazine rings is 1. The minimum absolute atomic E-state index is 0.0813. The molecule has 1 fully saturated rings. The molecule has 1 aliphatic heterocycles. The largest absolute Gasteiger partial charge is 0.367 e. The molecule has 190 valence electrons. The van der Waals surface area contributed by atoms with E-state index in [4.69, 9.17) is 0 Å². The van der Waals surface area contributed by atoms with Crippen LogP contribution in [0.5, 0.6) is 0 Å². The molecule has 3 rings (SSSR count). The van der Waals surface area contributed by atoms with E-state index in [1.807, 2.05) is 20.8 Å². The predicted molar refractivity (Wildman–Crippen MR) is 139 cm³/mol. The lowest BCUT2D eigenvalue weighted by atomic mass is 10.1. The van der Waals surface area contributed by atoms with Crippen LogP contribution in [0.1, 0.15) is 34.8 Å². The third-order valence-corrected chi connectivity index (χ3v) is 7.40. The van der Waals surface area contributed by atoms with Gasteiger partial charge in [-0.1, -0.05) is 13.0 Å². The zero-order valence-electron chi connectivity index (χ0n) is 20.8. The maximum Gasteiger partial charge on any atom is 0.261 e. The zero-order chi connectivity index (χ0) is 25.6. The van der Waals surface area contributed by atoms with E-state index in [9.17, 15) is 18.0 Å². The van der Waals surface area contributed by atoms with Crippen LogP contribution < -0.4 is 20.3 Å². The van der Waals surface area contributed by atoms with Gasteiger partial charge in [0.1, 0.15) is 0 Å². The monoisotopic (exact) mass is 501 g/mol. The standard InChI is InChI=1S/C25H35N5O4S/c1-5-10-27-24(31)17-29(4)25(32)20-7-9-23(30-13-11-26-12-14-30)22(16-20)28-35(33,34)21-8-6-18(2)19(3)15-21/h6-9,15-16,26,28H,5,10-14,17H2,1-4H3,(H,27,31). The first-order valence-corrected chi connectivity index (χ1v) is 13.3. The summed E-state index contributed by atoms with van der Waals surface area (Å²) in [4.78, 5) is 28.7. The molecular formula is C25H35N5O4S. The molecule has 2 aromatic rings. The van der Waals surface area contributed by atoms with Gasteiger partial charge in [0.25, 0.3) is 15.9 Å². The van der Waals surface area contributed by atoms with Crippen molar-refractivity contribution >= 4 is 33.2 Å². The van der Waals surface area contributed by atoms with Crippen molar-refractivity contribution in [3.05, 3.63) is 53.1 Å². The molecule has 3 N–H and O–H groups in total. The van der Waals surface area contributed by atoms with Crippen LogP contribution in [0, 0.1) is 13.8 Å². The minimum Gasteiger partial charge on any atom is -0.367 e. The SMILES string of the molecule is CCCNC(=O)CN(C)C(=O)c1ccc(N2CCNCC2)c(NS(=O)(=O)c2ccc(C)c(C)c2)c1. The van der Waals surface area contributed by atoms with E-state index in [2.05, 4.69) is 20.3 Å². The first-order valence-electron chi connectivity index (χ1n) is 11.8. The molecule has 9 nitrogen and oxygen atoms in total. The maximum atomic E-state index is 13.3. The Morgan fingerprint density at radius 1 is 1.06 bits per heavy atom. The number of hydrogen-bond donors (Lipinski definition) is 3. The summed E-state index contributed by atoms with van der Waals surface area (Å²) in [5.41, 5.74) is 3.22. The van der Waals surface area contributed by atoms with Gasteiger partial charge in [-0.05, 0) is 61.7 Å². The molecule has 0 unspecified atom stereocenters. The van der Waals surface area contributed by atoms with Crippen LogP contribution in [0.2, 0.25) is 0 Å². The molecule has 1 heterocycles. The predicted octanol–water partition coefficient (Wildman–Crippen LogP) is 2.11. The lowest BCUT2D eigenvalue weighted by Gasteiger charge is -2.31. The van der Waals surface area contributed by atoms with Crippen molar-refractivity contribution in [1.82, 2.24) is 15.5 Å². The molecule has 2 aromatic carbocycles. The molecule has 0 radical (unpaired) electrons. The third-order valence-electron chi connectivity index (χ3n) is 6.03. The summed E-state index contributed by atoms with van der Waals surface area (Å²) in [7, 11) is -2.33. The van der Waals surface area contributed by atoms with Gasteiger partial charge in [0.15, 0.2) is 0 Å². The number of anilines is 2. The minimum atomic E-state index is -3.89. The Kier molecular flexibility index (Phi) is 8.74. The van der Waals surface area contributed by atoms with E-state index in [1.54, 1.807) is 43.4 Å². The molecular weight excluding hydrogens is 466 g/mol. The summed E-state index contributed by atoms with van der Waals surface area (Å²) in [5, 5.41) is 6.04. The smallest absolute Gasteiger partial charge is 0.261 e. The number of nitrogens with one attached hydrogen (secondary N) is 3. The van der Waals surface area contributed by atoms with Crippen molar-refractivity contribution in [2.75, 3.05) is 55.9 Å². The highest BCUT2D eigenvalue weighted by molar-refractivity contribution is 7.92. The molecule has 0 spiro atoms. The van der Waals surface area contributed by atoms with Gasteiger partial charge in [0, 0.05) is 45.3 Å². The summed E-state index contributed by atoms with van der Waals surface area (Å²) in [5.74, 6) is -0.606. The van der Waals surface area contributed by atoms with E-state index in [0.29, 0.717) is 36.6 Å². The average Bonchev–Trinajstić information content (AvgIpc) is 2.84. The summed E-state index contributed by atoms with van der Waals surface area (Å²) < 4.78 is 29.3. The molecule has 0 saturated carbocycles. The van der Waals surface area contributed by atoms with Crippen LogP contribution in [-0.2, 0) is 14.8 Å². The molecule has 0 atom stereocenters. The number of carbonyl (C=O) groups is 2. The summed E-state index contributed by atoms with van der Waals surface area (Å²) in [6, 6.07) is 9.99. The van der Waals surface area contributed by atoms with Gasteiger partial charge in [-0.2, -0.15) is 0 Å². The number of sulfonamides is 1. The Morgan fingerprint density at radius 2 is 1.77 bits per heavy atom. The highest BCUT2D eigenvalue weighted by Gasteiger charge is 2.23. The normalized spacial score (nSPS) is 13.9. The Balaban J connectivity index is 1.92. The Bertz CT molecular complexity index is 1180. The molecule has 10 heteroatoms. The number of rotatable bonds is 9. The van der Waals surface area contributed by atoms with Gasteiger partial charge in [0.2, 0.25) is 5.91 Å². The maximum absolute atomic E-state index is 13.3. The number of nitrogens with zero attached hydrogens (tertiary/aromatic N) is 2. The highest BCUT2D eigenvalue weighted by atomic mass is 32.2. The lowest BCUT2D eigenvalue weighted by Crippen LogP contribution is -2.44. The van der Waals surface area contributed by atoms with Gasteiger partial charge in [-0.25, -0.2) is 8.42 Å². The Hall–Kier alpha value is -3.11. The van der Waals surface area contributed by atoms with Crippen molar-refractivity contribution in [2.45, 2.75) is 32.1 Å². The average molecular weight is 502 g/mol. The molecule has 0 aromatic heterocycles. The van der Waals surface area contributed by atoms with Gasteiger partial charge in [-0.15, -0.1) is 0 Å². The number of amides is 2. The van der Waals surface area contributed by atoms with E-state index in [0.717, 1.165) is 30.6 Å². The first-order chi connectivity index (χ1) is 16.6. The molecule has 1 aliphatic rings. The van der Waals surface area contributed by atoms with Crippen molar-refractivity contribution in [2.24, 2.45) is 0 Å². The van der Waals surface area contributed by atoms with Crippen molar-refractivity contribution in [1.29, 1.82) is 0 Å². The molecule has 0 bridgehead atoms. The van der Waals surface area contributed by atoms with Gasteiger partial charge < -0.3 is 20.4 Å². The second-order valence-corrected chi connectivity index (χ2v) is 10.5. The molecule has 35 heavy (non-hydrogen) atoms. The first kappa shape index (κ1) is 26.5. The van der Waals surface area contributed by atoms with Crippen molar-refractivity contribution in [3.63, 3.8) is 0 Å². The van der Waals surface area contributed by atoms with Crippen LogP contribution in [0.15, 0.2) is 41.3 Å². The van der Waals surface area contributed by atoms with E-state index >= 15 is 0 Å². The second-order valence-electron chi connectivity index (χ2n) is 8.83. The Labute approximate surface area is 207 Å². The molecule has 2 amide bonds. The fourth-order valence-corrected chi connectivity index (χ4v) is 4.99. The van der Waals surface area contributed by atoms with E-state index in [-0.39, 0.29) is 23.3 Å². The quantitative estimate of drug-likeness (QED) is 0.485. The van der Waals surface area contributed by atoms with Crippen molar-refractivity contribution in [3.8, 4) is 0 Å². The molecule has 1 saturated heterocycles. The number of likely N-dealkylation sites (N-methyl/N-ethyl adjacent to an activating group) is 1.